The second-order valence-corrected chi connectivity index (χ2v) is 9.25. The zero-order chi connectivity index (χ0) is 18.8. The fraction of sp³-hybridized carbons (Fsp3) is 0.316. The van der Waals surface area contributed by atoms with Crippen LogP contribution in [0.2, 0.25) is 0 Å². The smallest absolute Gasteiger partial charge is 0.201 e. The first-order valence-corrected chi connectivity index (χ1v) is 11.4. The number of benzene rings is 1. The SMILES string of the molecule is O=c1cc(NCCCN[C@@H]2CCNc3c(Br)cc(Br)cc32)[nH]c2ccsc12. The molecular weight excluding hydrogens is 492 g/mol. The van der Waals surface area contributed by atoms with Crippen LogP contribution in [0.5, 0.6) is 0 Å². The van der Waals surface area contributed by atoms with Gasteiger partial charge in [0.25, 0.3) is 0 Å². The molecule has 27 heavy (non-hydrogen) atoms. The maximum absolute atomic E-state index is 12.1. The Hall–Kier alpha value is -1.35. The molecule has 0 saturated carbocycles. The third-order valence-electron chi connectivity index (χ3n) is 4.69. The van der Waals surface area contributed by atoms with Crippen LogP contribution in [0.1, 0.15) is 24.4 Å². The summed E-state index contributed by atoms with van der Waals surface area (Å²) in [5.41, 5.74) is 3.45. The molecule has 4 rings (SSSR count). The highest BCUT2D eigenvalue weighted by Crippen LogP contribution is 2.38. The summed E-state index contributed by atoms with van der Waals surface area (Å²) in [7, 11) is 0. The Kier molecular flexibility index (Phi) is 5.87. The summed E-state index contributed by atoms with van der Waals surface area (Å²) >= 11 is 8.70. The van der Waals surface area contributed by atoms with Crippen molar-refractivity contribution in [3.8, 4) is 0 Å². The van der Waals surface area contributed by atoms with Gasteiger partial charge in [-0.25, -0.2) is 0 Å². The van der Waals surface area contributed by atoms with Crippen LogP contribution in [0, 0.1) is 0 Å². The lowest BCUT2D eigenvalue weighted by Gasteiger charge is -2.29. The number of nitrogens with one attached hydrogen (secondary N) is 4. The van der Waals surface area contributed by atoms with E-state index in [-0.39, 0.29) is 5.43 Å². The van der Waals surface area contributed by atoms with E-state index in [1.165, 1.54) is 22.6 Å². The first-order chi connectivity index (χ1) is 13.1. The van der Waals surface area contributed by atoms with Gasteiger partial charge in [-0.15, -0.1) is 11.3 Å². The predicted octanol–water partition coefficient (Wildman–Crippen LogP) is 5.06. The van der Waals surface area contributed by atoms with Crippen molar-refractivity contribution in [1.82, 2.24) is 10.3 Å². The zero-order valence-corrected chi connectivity index (χ0v) is 18.6. The lowest BCUT2D eigenvalue weighted by molar-refractivity contribution is 0.497. The number of aromatic amines is 1. The number of hydrogen-bond donors (Lipinski definition) is 4. The number of pyridine rings is 1. The third-order valence-corrected chi connectivity index (χ3v) is 6.70. The van der Waals surface area contributed by atoms with Crippen LogP contribution in [0.3, 0.4) is 0 Å². The fourth-order valence-corrected chi connectivity index (χ4v) is 5.58. The van der Waals surface area contributed by atoms with Gasteiger partial charge in [0.05, 0.1) is 15.9 Å². The van der Waals surface area contributed by atoms with E-state index in [2.05, 4.69) is 64.9 Å². The summed E-state index contributed by atoms with van der Waals surface area (Å²) in [4.78, 5) is 15.3. The van der Waals surface area contributed by atoms with Crippen LogP contribution >= 0.6 is 43.2 Å². The summed E-state index contributed by atoms with van der Waals surface area (Å²) in [6, 6.07) is 8.19. The van der Waals surface area contributed by atoms with Crippen molar-refractivity contribution in [2.75, 3.05) is 30.3 Å². The Morgan fingerprint density at radius 3 is 3.00 bits per heavy atom. The summed E-state index contributed by atoms with van der Waals surface area (Å²) in [6.07, 6.45) is 2.03. The molecule has 1 atom stereocenters. The standard InChI is InChI=1S/C19H20Br2N4OS/c20-11-8-12-14(2-6-24-18(12)13(21)9-11)22-4-1-5-23-17-10-16(26)19-15(25-17)3-7-27-19/h3,7-10,14,22,24H,1-2,4-6H2,(H2,23,25,26)/t14-/m1/s1. The van der Waals surface area contributed by atoms with Gasteiger partial charge in [-0.1, -0.05) is 15.9 Å². The fourth-order valence-electron chi connectivity index (χ4n) is 3.42. The van der Waals surface area contributed by atoms with Crippen molar-refractivity contribution >= 4 is 64.9 Å². The number of halogens is 2. The summed E-state index contributed by atoms with van der Waals surface area (Å²) in [6.45, 7) is 2.68. The molecule has 0 aliphatic carbocycles. The minimum absolute atomic E-state index is 0.0711. The minimum atomic E-state index is 0.0711. The van der Waals surface area contributed by atoms with Gasteiger partial charge < -0.3 is 20.9 Å². The molecule has 4 N–H and O–H groups in total. The second-order valence-electron chi connectivity index (χ2n) is 6.56. The molecule has 0 saturated heterocycles. The highest BCUT2D eigenvalue weighted by atomic mass is 79.9. The van der Waals surface area contributed by atoms with Gasteiger partial charge >= 0.3 is 0 Å². The molecule has 3 aromatic rings. The van der Waals surface area contributed by atoms with E-state index >= 15 is 0 Å². The summed E-state index contributed by atoms with van der Waals surface area (Å²) in [5.74, 6) is 0.783. The number of anilines is 2. The molecule has 3 heterocycles. The van der Waals surface area contributed by atoms with Crippen molar-refractivity contribution in [2.24, 2.45) is 0 Å². The Morgan fingerprint density at radius 2 is 2.11 bits per heavy atom. The Labute approximate surface area is 178 Å². The Bertz CT molecular complexity index is 1020. The number of H-pyrrole nitrogens is 1. The largest absolute Gasteiger partial charge is 0.384 e. The van der Waals surface area contributed by atoms with Crippen LogP contribution in [-0.2, 0) is 0 Å². The molecular formula is C19H20Br2N4OS. The average Bonchev–Trinajstić information content (AvgIpc) is 3.11. The van der Waals surface area contributed by atoms with E-state index in [4.69, 9.17) is 0 Å². The lowest BCUT2D eigenvalue weighted by Crippen LogP contribution is -2.30. The van der Waals surface area contributed by atoms with Gasteiger partial charge in [0.1, 0.15) is 5.82 Å². The Morgan fingerprint density at radius 1 is 1.22 bits per heavy atom. The van der Waals surface area contributed by atoms with E-state index in [9.17, 15) is 4.79 Å². The van der Waals surface area contributed by atoms with E-state index in [0.29, 0.717) is 6.04 Å². The van der Waals surface area contributed by atoms with Crippen LogP contribution in [0.4, 0.5) is 11.5 Å². The van der Waals surface area contributed by atoms with Crippen LogP contribution in [0.25, 0.3) is 10.2 Å². The van der Waals surface area contributed by atoms with Gasteiger partial charge in [-0.3, -0.25) is 4.79 Å². The molecule has 142 valence electrons. The van der Waals surface area contributed by atoms with E-state index < -0.39 is 0 Å². The van der Waals surface area contributed by atoms with Gasteiger partial charge in [-0.05, 0) is 64.5 Å². The van der Waals surface area contributed by atoms with Crippen molar-refractivity contribution in [3.63, 3.8) is 0 Å². The van der Waals surface area contributed by atoms with Gasteiger partial charge in [0.15, 0.2) is 0 Å². The molecule has 0 amide bonds. The normalized spacial score (nSPS) is 16.1. The van der Waals surface area contributed by atoms with Crippen molar-refractivity contribution in [2.45, 2.75) is 18.9 Å². The molecule has 1 aliphatic rings. The van der Waals surface area contributed by atoms with E-state index in [1.54, 1.807) is 6.07 Å². The van der Waals surface area contributed by atoms with Gasteiger partial charge in [-0.2, -0.15) is 0 Å². The molecule has 5 nitrogen and oxygen atoms in total. The molecule has 0 radical (unpaired) electrons. The number of hydrogen-bond acceptors (Lipinski definition) is 5. The molecule has 1 aliphatic heterocycles. The molecule has 0 fully saturated rings. The number of rotatable bonds is 6. The average molecular weight is 512 g/mol. The maximum Gasteiger partial charge on any atom is 0.201 e. The molecule has 8 heteroatoms. The predicted molar refractivity (Wildman–Crippen MR) is 121 cm³/mol. The lowest BCUT2D eigenvalue weighted by atomic mass is 9.98. The number of aromatic nitrogens is 1. The van der Waals surface area contributed by atoms with Crippen LogP contribution in [-0.4, -0.2) is 24.6 Å². The van der Waals surface area contributed by atoms with Crippen LogP contribution in [0.15, 0.2) is 43.4 Å². The van der Waals surface area contributed by atoms with Crippen molar-refractivity contribution in [1.29, 1.82) is 0 Å². The van der Waals surface area contributed by atoms with E-state index in [0.717, 1.165) is 57.5 Å². The van der Waals surface area contributed by atoms with Crippen molar-refractivity contribution in [3.05, 3.63) is 54.4 Å². The minimum Gasteiger partial charge on any atom is -0.384 e. The van der Waals surface area contributed by atoms with Gasteiger partial charge in [0.2, 0.25) is 5.43 Å². The molecule has 0 spiro atoms. The first kappa shape index (κ1) is 19.0. The molecule has 0 bridgehead atoms. The van der Waals surface area contributed by atoms with E-state index in [1.807, 2.05) is 11.4 Å². The maximum atomic E-state index is 12.1. The molecule has 2 aromatic heterocycles. The highest BCUT2D eigenvalue weighted by Gasteiger charge is 2.21. The van der Waals surface area contributed by atoms with Crippen molar-refractivity contribution < 1.29 is 0 Å². The van der Waals surface area contributed by atoms with Crippen LogP contribution < -0.4 is 21.4 Å². The van der Waals surface area contributed by atoms with Gasteiger partial charge in [0, 0.05) is 34.1 Å². The number of fused-ring (bicyclic) bond motifs is 2. The quantitative estimate of drug-likeness (QED) is 0.349. The first-order valence-electron chi connectivity index (χ1n) is 8.92. The summed E-state index contributed by atoms with van der Waals surface area (Å²) < 4.78 is 2.95. The highest BCUT2D eigenvalue weighted by molar-refractivity contribution is 9.11. The molecule has 0 unspecified atom stereocenters. The third kappa shape index (κ3) is 4.23. The summed E-state index contributed by atoms with van der Waals surface area (Å²) in [5, 5.41) is 12.4. The topological polar surface area (TPSA) is 69.0 Å². The second kappa shape index (κ2) is 8.34. The number of thiophene rings is 1. The molecule has 1 aromatic carbocycles. The Balaban J connectivity index is 1.31. The monoisotopic (exact) mass is 510 g/mol. The zero-order valence-electron chi connectivity index (χ0n) is 14.6.